The van der Waals surface area contributed by atoms with Crippen molar-refractivity contribution in [3.63, 3.8) is 0 Å². The van der Waals surface area contributed by atoms with Gasteiger partial charge in [-0.25, -0.2) is 4.98 Å². The van der Waals surface area contributed by atoms with E-state index in [1.807, 2.05) is 11.6 Å². The molecular formula is C14H22ClN3O. The second kappa shape index (κ2) is 6.53. The first kappa shape index (κ1) is 14.5. The Morgan fingerprint density at radius 2 is 2.26 bits per heavy atom. The van der Waals surface area contributed by atoms with E-state index in [0.29, 0.717) is 17.6 Å². The van der Waals surface area contributed by atoms with E-state index in [4.69, 9.17) is 11.6 Å². The number of carbonyl (C=O) groups is 1. The Balaban J connectivity index is 2.09. The average Bonchev–Trinajstić information content (AvgIpc) is 2.56. The van der Waals surface area contributed by atoms with Crippen LogP contribution in [0.4, 0.5) is 0 Å². The maximum atomic E-state index is 11.4. The van der Waals surface area contributed by atoms with Crippen molar-refractivity contribution >= 4 is 17.4 Å². The summed E-state index contributed by atoms with van der Waals surface area (Å²) in [5, 5.41) is 0.660. The molecule has 1 aliphatic rings. The highest BCUT2D eigenvalue weighted by atomic mass is 35.5. The van der Waals surface area contributed by atoms with Gasteiger partial charge in [0, 0.05) is 19.5 Å². The lowest BCUT2D eigenvalue weighted by molar-refractivity contribution is -0.118. The Morgan fingerprint density at radius 1 is 1.47 bits per heavy atom. The third-order valence-corrected chi connectivity index (χ3v) is 4.25. The van der Waals surface area contributed by atoms with Crippen LogP contribution in [0.1, 0.15) is 44.9 Å². The number of hydrogen-bond donors (Lipinski definition) is 0. The number of aromatic nitrogens is 2. The fourth-order valence-electron chi connectivity index (χ4n) is 2.76. The van der Waals surface area contributed by atoms with Gasteiger partial charge in [0.2, 0.25) is 0 Å². The third kappa shape index (κ3) is 3.80. The van der Waals surface area contributed by atoms with Crippen molar-refractivity contribution < 1.29 is 4.79 Å². The number of rotatable bonds is 4. The smallest absolute Gasteiger partial charge is 0.131 e. The topological polar surface area (TPSA) is 38.1 Å². The predicted molar refractivity (Wildman–Crippen MR) is 76.2 cm³/mol. The molecule has 1 atom stereocenters. The van der Waals surface area contributed by atoms with E-state index in [1.165, 1.54) is 19.3 Å². The van der Waals surface area contributed by atoms with Crippen molar-refractivity contribution in [2.24, 2.45) is 7.05 Å². The Kier molecular flexibility index (Phi) is 4.99. The van der Waals surface area contributed by atoms with Gasteiger partial charge in [0.05, 0.1) is 12.7 Å². The fraction of sp³-hybridized carbons (Fsp3) is 0.714. The van der Waals surface area contributed by atoms with Crippen LogP contribution in [0.15, 0.2) is 6.20 Å². The molecule has 5 heteroatoms. The zero-order valence-electron chi connectivity index (χ0n) is 11.7. The second-order valence-electron chi connectivity index (χ2n) is 5.44. The van der Waals surface area contributed by atoms with Crippen molar-refractivity contribution in [3.8, 4) is 0 Å². The van der Waals surface area contributed by atoms with Crippen molar-refractivity contribution in [2.75, 3.05) is 6.54 Å². The van der Waals surface area contributed by atoms with Crippen LogP contribution in [-0.2, 0) is 18.4 Å². The summed E-state index contributed by atoms with van der Waals surface area (Å²) in [6.07, 6.45) is 7.12. The number of imidazole rings is 1. The Morgan fingerprint density at radius 3 is 2.89 bits per heavy atom. The van der Waals surface area contributed by atoms with E-state index in [-0.39, 0.29) is 5.78 Å². The minimum Gasteiger partial charge on any atom is -0.321 e. The van der Waals surface area contributed by atoms with Gasteiger partial charge in [0.1, 0.15) is 16.8 Å². The first-order valence-electron chi connectivity index (χ1n) is 6.97. The Labute approximate surface area is 119 Å². The van der Waals surface area contributed by atoms with Gasteiger partial charge >= 0.3 is 0 Å². The van der Waals surface area contributed by atoms with E-state index in [1.54, 1.807) is 13.1 Å². The normalized spacial score (nSPS) is 21.3. The maximum Gasteiger partial charge on any atom is 0.131 e. The average molecular weight is 284 g/mol. The van der Waals surface area contributed by atoms with Crippen molar-refractivity contribution in [1.29, 1.82) is 0 Å². The van der Waals surface area contributed by atoms with Gasteiger partial charge in [-0.3, -0.25) is 9.69 Å². The van der Waals surface area contributed by atoms with E-state index in [2.05, 4.69) is 9.88 Å². The summed E-state index contributed by atoms with van der Waals surface area (Å²) in [7, 11) is 1.93. The standard InChI is InChI=1S/C14H22ClN3O/c1-11(19)8-12-6-4-3-5-7-18(12)10-14-16-9-13(15)17(14)2/h9,12H,3-8,10H2,1-2H3. The molecule has 0 aliphatic carbocycles. The van der Waals surface area contributed by atoms with Crippen LogP contribution in [0, 0.1) is 0 Å². The molecule has 0 saturated carbocycles. The molecule has 0 spiro atoms. The zero-order chi connectivity index (χ0) is 13.8. The number of hydrogen-bond acceptors (Lipinski definition) is 3. The number of nitrogens with zero attached hydrogens (tertiary/aromatic N) is 3. The van der Waals surface area contributed by atoms with Gasteiger partial charge in [-0.15, -0.1) is 0 Å². The van der Waals surface area contributed by atoms with Crippen LogP contribution in [0.25, 0.3) is 0 Å². The van der Waals surface area contributed by atoms with Crippen LogP contribution < -0.4 is 0 Å². The van der Waals surface area contributed by atoms with E-state index >= 15 is 0 Å². The summed E-state index contributed by atoms with van der Waals surface area (Å²) in [4.78, 5) is 18.2. The number of likely N-dealkylation sites (tertiary alicyclic amines) is 1. The van der Waals surface area contributed by atoms with Gasteiger partial charge < -0.3 is 4.57 Å². The lowest BCUT2D eigenvalue weighted by Gasteiger charge is -2.28. The van der Waals surface area contributed by atoms with E-state index < -0.39 is 0 Å². The highest BCUT2D eigenvalue weighted by molar-refractivity contribution is 6.29. The van der Waals surface area contributed by atoms with Gasteiger partial charge in [-0.2, -0.15) is 0 Å². The monoisotopic (exact) mass is 283 g/mol. The van der Waals surface area contributed by atoms with E-state index in [0.717, 1.165) is 25.3 Å². The summed E-state index contributed by atoms with van der Waals surface area (Å²) in [5.74, 6) is 1.25. The van der Waals surface area contributed by atoms with Gasteiger partial charge in [-0.1, -0.05) is 24.4 Å². The molecule has 2 heterocycles. The molecule has 0 N–H and O–H groups in total. The van der Waals surface area contributed by atoms with Crippen LogP contribution in [-0.4, -0.2) is 32.8 Å². The molecule has 1 fully saturated rings. The van der Waals surface area contributed by atoms with Crippen molar-refractivity contribution in [2.45, 2.75) is 51.6 Å². The molecule has 1 aromatic heterocycles. The Hall–Kier alpha value is -0.870. The lowest BCUT2D eigenvalue weighted by atomic mass is 10.0. The summed E-state index contributed by atoms with van der Waals surface area (Å²) >= 11 is 6.03. The molecule has 0 aromatic carbocycles. The maximum absolute atomic E-state index is 11.4. The van der Waals surface area contributed by atoms with Crippen LogP contribution in [0.2, 0.25) is 5.15 Å². The highest BCUT2D eigenvalue weighted by Crippen LogP contribution is 2.22. The minimum atomic E-state index is 0.273. The molecule has 2 rings (SSSR count). The molecule has 1 aromatic rings. The number of Topliss-reactive ketones (excluding diaryl/α,β-unsaturated/α-hetero) is 1. The molecule has 1 saturated heterocycles. The summed E-state index contributed by atoms with van der Waals surface area (Å²) in [6.45, 7) is 3.50. The number of halogens is 1. The van der Waals surface area contributed by atoms with Crippen molar-refractivity contribution in [3.05, 3.63) is 17.2 Å². The van der Waals surface area contributed by atoms with Gasteiger partial charge in [0.15, 0.2) is 0 Å². The first-order chi connectivity index (χ1) is 9.08. The molecule has 106 valence electrons. The quantitative estimate of drug-likeness (QED) is 0.853. The molecule has 0 bridgehead atoms. The molecule has 0 radical (unpaired) electrons. The zero-order valence-corrected chi connectivity index (χ0v) is 12.5. The predicted octanol–water partition coefficient (Wildman–Crippen LogP) is 2.80. The van der Waals surface area contributed by atoms with Gasteiger partial charge in [-0.05, 0) is 26.3 Å². The molecule has 4 nitrogen and oxygen atoms in total. The second-order valence-corrected chi connectivity index (χ2v) is 5.82. The molecule has 19 heavy (non-hydrogen) atoms. The molecule has 1 unspecified atom stereocenters. The van der Waals surface area contributed by atoms with Crippen LogP contribution in [0.5, 0.6) is 0 Å². The molecular weight excluding hydrogens is 262 g/mol. The third-order valence-electron chi connectivity index (χ3n) is 3.89. The number of ketones is 1. The lowest BCUT2D eigenvalue weighted by Crippen LogP contribution is -2.36. The minimum absolute atomic E-state index is 0.273. The van der Waals surface area contributed by atoms with Crippen molar-refractivity contribution in [1.82, 2.24) is 14.5 Å². The molecule has 0 amide bonds. The summed E-state index contributed by atoms with van der Waals surface area (Å²) in [6, 6.07) is 0.357. The van der Waals surface area contributed by atoms with Crippen LogP contribution >= 0.6 is 11.6 Å². The first-order valence-corrected chi connectivity index (χ1v) is 7.35. The Bertz CT molecular complexity index is 444. The highest BCUT2D eigenvalue weighted by Gasteiger charge is 2.23. The number of carbonyl (C=O) groups excluding carboxylic acids is 1. The summed E-state index contributed by atoms with van der Waals surface area (Å²) < 4.78 is 1.91. The fourth-order valence-corrected chi connectivity index (χ4v) is 2.91. The van der Waals surface area contributed by atoms with Gasteiger partial charge in [0.25, 0.3) is 0 Å². The molecule has 1 aliphatic heterocycles. The van der Waals surface area contributed by atoms with Crippen LogP contribution in [0.3, 0.4) is 0 Å². The summed E-state index contributed by atoms with van der Waals surface area (Å²) in [5.41, 5.74) is 0. The largest absolute Gasteiger partial charge is 0.321 e. The van der Waals surface area contributed by atoms with E-state index in [9.17, 15) is 4.79 Å². The SMILES string of the molecule is CC(=O)CC1CCCCCN1Cc1ncc(Cl)n1C.